The van der Waals surface area contributed by atoms with Gasteiger partial charge in [0.2, 0.25) is 0 Å². The third kappa shape index (κ3) is 3.17. The monoisotopic (exact) mass is 315 g/mol. The summed E-state index contributed by atoms with van der Waals surface area (Å²) in [5.41, 5.74) is 1.24. The quantitative estimate of drug-likeness (QED) is 0.857. The molecule has 1 aliphatic rings. The van der Waals surface area contributed by atoms with Crippen molar-refractivity contribution in [3.63, 3.8) is 0 Å². The van der Waals surface area contributed by atoms with Crippen molar-refractivity contribution in [2.45, 2.75) is 26.3 Å². The van der Waals surface area contributed by atoms with E-state index in [0.29, 0.717) is 12.5 Å². The van der Waals surface area contributed by atoms with Gasteiger partial charge in [-0.25, -0.2) is 0 Å². The zero-order chi connectivity index (χ0) is 15.5. The largest absolute Gasteiger partial charge is 0.493 e. The van der Waals surface area contributed by atoms with E-state index in [2.05, 4.69) is 19.9 Å². The molecule has 0 saturated carbocycles. The van der Waals surface area contributed by atoms with Crippen LogP contribution in [-0.4, -0.2) is 30.0 Å². The number of nitrogens with zero attached hydrogens (tertiary/aromatic N) is 1. The first kappa shape index (κ1) is 15.1. The van der Waals surface area contributed by atoms with Crippen LogP contribution in [0.5, 0.6) is 5.75 Å². The van der Waals surface area contributed by atoms with E-state index in [-0.39, 0.29) is 11.9 Å². The van der Waals surface area contributed by atoms with E-state index in [4.69, 9.17) is 4.74 Å². The van der Waals surface area contributed by atoms with E-state index in [1.807, 2.05) is 40.6 Å². The van der Waals surface area contributed by atoms with Gasteiger partial charge in [0.25, 0.3) is 5.91 Å². The highest BCUT2D eigenvalue weighted by molar-refractivity contribution is 7.12. The molecule has 1 amide bonds. The highest BCUT2D eigenvalue weighted by atomic mass is 32.1. The molecule has 2 aromatic rings. The average molecular weight is 315 g/mol. The lowest BCUT2D eigenvalue weighted by atomic mass is 9.96. The van der Waals surface area contributed by atoms with Gasteiger partial charge in [0, 0.05) is 18.5 Å². The molecule has 0 radical (unpaired) electrons. The maximum Gasteiger partial charge on any atom is 0.264 e. The Balaban J connectivity index is 1.71. The third-order valence-corrected chi connectivity index (χ3v) is 4.88. The maximum absolute atomic E-state index is 12.7. The van der Waals surface area contributed by atoms with Crippen LogP contribution in [0, 0.1) is 5.92 Å². The molecule has 1 aromatic heterocycles. The second-order valence-corrected chi connectivity index (χ2v) is 6.97. The Bertz CT molecular complexity index is 636. The number of carbonyl (C=O) groups is 1. The molecule has 116 valence electrons. The number of fused-ring (bicyclic) bond motifs is 1. The molecule has 4 heteroatoms. The molecule has 0 bridgehead atoms. The van der Waals surface area contributed by atoms with Crippen LogP contribution in [0.3, 0.4) is 0 Å². The topological polar surface area (TPSA) is 29.5 Å². The van der Waals surface area contributed by atoms with Crippen LogP contribution in [0.15, 0.2) is 41.8 Å². The molecule has 2 heterocycles. The number of amides is 1. The zero-order valence-corrected chi connectivity index (χ0v) is 13.8. The number of rotatable bonds is 4. The van der Waals surface area contributed by atoms with Gasteiger partial charge in [-0.15, -0.1) is 11.3 Å². The molecular weight excluding hydrogens is 294 g/mol. The van der Waals surface area contributed by atoms with Gasteiger partial charge in [0.05, 0.1) is 11.5 Å². The fourth-order valence-electron chi connectivity index (χ4n) is 2.86. The summed E-state index contributed by atoms with van der Waals surface area (Å²) in [6.45, 7) is 5.56. The minimum atomic E-state index is 0.129. The summed E-state index contributed by atoms with van der Waals surface area (Å²) >= 11 is 1.50. The second-order valence-electron chi connectivity index (χ2n) is 6.02. The lowest BCUT2D eigenvalue weighted by molar-refractivity contribution is 0.0641. The van der Waals surface area contributed by atoms with Crippen molar-refractivity contribution >= 4 is 17.2 Å². The Kier molecular flexibility index (Phi) is 4.48. The fourth-order valence-corrected chi connectivity index (χ4v) is 3.54. The lowest BCUT2D eigenvalue weighted by Gasteiger charge is -2.33. The van der Waals surface area contributed by atoms with Crippen LogP contribution in [-0.2, 0) is 6.42 Å². The number of thiophene rings is 1. The van der Waals surface area contributed by atoms with Crippen molar-refractivity contribution in [3.8, 4) is 5.75 Å². The maximum atomic E-state index is 12.7. The SMILES string of the molecule is CC(C)N(CC1COc2ccccc2C1)C(=O)c1cccs1. The molecule has 22 heavy (non-hydrogen) atoms. The number of ether oxygens (including phenoxy) is 1. The van der Waals surface area contributed by atoms with Gasteiger partial charge in [0.1, 0.15) is 5.75 Å². The molecular formula is C18H21NO2S. The normalized spacial score (nSPS) is 17.0. The van der Waals surface area contributed by atoms with E-state index in [1.54, 1.807) is 0 Å². The van der Waals surface area contributed by atoms with E-state index in [1.165, 1.54) is 16.9 Å². The Morgan fingerprint density at radius 2 is 2.14 bits per heavy atom. The molecule has 3 rings (SSSR count). The molecule has 1 aliphatic heterocycles. The predicted molar refractivity (Wildman–Crippen MR) is 89.6 cm³/mol. The molecule has 0 spiro atoms. The van der Waals surface area contributed by atoms with Crippen LogP contribution >= 0.6 is 11.3 Å². The summed E-state index contributed by atoms with van der Waals surface area (Å²) in [5.74, 6) is 1.46. The first-order valence-electron chi connectivity index (χ1n) is 7.70. The molecule has 0 N–H and O–H groups in total. The van der Waals surface area contributed by atoms with Crippen LogP contribution in [0.1, 0.15) is 29.1 Å². The van der Waals surface area contributed by atoms with Gasteiger partial charge in [-0.3, -0.25) is 4.79 Å². The summed E-state index contributed by atoms with van der Waals surface area (Å²) in [5, 5.41) is 1.95. The van der Waals surface area contributed by atoms with Crippen LogP contribution in [0.4, 0.5) is 0 Å². The van der Waals surface area contributed by atoms with Crippen molar-refractivity contribution in [1.82, 2.24) is 4.90 Å². The minimum absolute atomic E-state index is 0.129. The Hall–Kier alpha value is -1.81. The van der Waals surface area contributed by atoms with Crippen molar-refractivity contribution in [3.05, 3.63) is 52.2 Å². The summed E-state index contributed by atoms with van der Waals surface area (Å²) in [4.78, 5) is 15.4. The Morgan fingerprint density at radius 1 is 1.32 bits per heavy atom. The number of hydrogen-bond donors (Lipinski definition) is 0. The van der Waals surface area contributed by atoms with Crippen LogP contribution in [0.25, 0.3) is 0 Å². The van der Waals surface area contributed by atoms with Gasteiger partial charge in [0.15, 0.2) is 0 Å². The smallest absolute Gasteiger partial charge is 0.264 e. The number of benzene rings is 1. The van der Waals surface area contributed by atoms with Gasteiger partial charge in [-0.05, 0) is 43.3 Å². The van der Waals surface area contributed by atoms with Crippen molar-refractivity contribution in [2.24, 2.45) is 5.92 Å². The lowest BCUT2D eigenvalue weighted by Crippen LogP contribution is -2.42. The molecule has 0 fully saturated rings. The number of carbonyl (C=O) groups excluding carboxylic acids is 1. The van der Waals surface area contributed by atoms with Crippen molar-refractivity contribution < 1.29 is 9.53 Å². The van der Waals surface area contributed by atoms with Gasteiger partial charge >= 0.3 is 0 Å². The average Bonchev–Trinajstić information content (AvgIpc) is 3.06. The summed E-state index contributed by atoms with van der Waals surface area (Å²) in [6, 6.07) is 12.2. The minimum Gasteiger partial charge on any atom is -0.493 e. The summed E-state index contributed by atoms with van der Waals surface area (Å²) < 4.78 is 5.85. The number of hydrogen-bond acceptors (Lipinski definition) is 3. The molecule has 0 aliphatic carbocycles. The van der Waals surface area contributed by atoms with E-state index >= 15 is 0 Å². The van der Waals surface area contributed by atoms with E-state index in [0.717, 1.165) is 23.6 Å². The first-order valence-corrected chi connectivity index (χ1v) is 8.58. The van der Waals surface area contributed by atoms with Crippen LogP contribution < -0.4 is 4.74 Å². The molecule has 1 atom stereocenters. The standard InChI is InChI=1S/C18H21NO2S/c1-13(2)19(18(20)17-8-5-9-22-17)11-14-10-15-6-3-4-7-16(15)21-12-14/h3-9,13-14H,10-12H2,1-2H3. The van der Waals surface area contributed by atoms with E-state index < -0.39 is 0 Å². The molecule has 0 saturated heterocycles. The predicted octanol–water partition coefficient (Wildman–Crippen LogP) is 3.85. The molecule has 1 aromatic carbocycles. The third-order valence-electron chi connectivity index (χ3n) is 4.03. The zero-order valence-electron chi connectivity index (χ0n) is 13.0. The highest BCUT2D eigenvalue weighted by Crippen LogP contribution is 2.28. The fraction of sp³-hybridized carbons (Fsp3) is 0.389. The summed E-state index contributed by atoms with van der Waals surface area (Å²) in [7, 11) is 0. The van der Waals surface area contributed by atoms with Gasteiger partial charge in [-0.2, -0.15) is 0 Å². The Morgan fingerprint density at radius 3 is 2.86 bits per heavy atom. The highest BCUT2D eigenvalue weighted by Gasteiger charge is 2.26. The number of para-hydroxylation sites is 1. The van der Waals surface area contributed by atoms with Crippen molar-refractivity contribution in [1.29, 1.82) is 0 Å². The van der Waals surface area contributed by atoms with Crippen molar-refractivity contribution in [2.75, 3.05) is 13.2 Å². The summed E-state index contributed by atoms with van der Waals surface area (Å²) in [6.07, 6.45) is 0.969. The van der Waals surface area contributed by atoms with E-state index in [9.17, 15) is 4.79 Å². The van der Waals surface area contributed by atoms with Gasteiger partial charge < -0.3 is 9.64 Å². The van der Waals surface area contributed by atoms with Gasteiger partial charge in [-0.1, -0.05) is 24.3 Å². The molecule has 3 nitrogen and oxygen atoms in total. The second kappa shape index (κ2) is 6.53. The first-order chi connectivity index (χ1) is 10.6. The molecule has 1 unspecified atom stereocenters. The Labute approximate surface area is 135 Å². The van der Waals surface area contributed by atoms with Crippen LogP contribution in [0.2, 0.25) is 0 Å².